The molecule has 2 heterocycles. The molecule has 186 valence electrons. The minimum atomic E-state index is 0.377. The summed E-state index contributed by atoms with van der Waals surface area (Å²) in [6.45, 7) is 5.40. The number of benzene rings is 3. The summed E-state index contributed by atoms with van der Waals surface area (Å²) in [6, 6.07) is 26.0. The van der Waals surface area contributed by atoms with Crippen LogP contribution in [0.25, 0.3) is 0 Å². The van der Waals surface area contributed by atoms with Gasteiger partial charge >= 0.3 is 0 Å². The topological polar surface area (TPSA) is 23.6 Å². The molecule has 1 fully saturated rings. The number of Topliss-reactive ketones (excluding diaryl/α,β-unsaturated/α-hetero) is 1. The quantitative estimate of drug-likeness (QED) is 0.326. The van der Waals surface area contributed by atoms with E-state index >= 15 is 0 Å². The molecular formula is C33H38N2O. The van der Waals surface area contributed by atoms with Gasteiger partial charge in [-0.15, -0.1) is 0 Å². The fraction of sp³-hybridized carbons (Fsp3) is 0.424. The van der Waals surface area contributed by atoms with Gasteiger partial charge in [0.1, 0.15) is 0 Å². The maximum atomic E-state index is 13.5. The zero-order valence-electron chi connectivity index (χ0n) is 21.4. The summed E-state index contributed by atoms with van der Waals surface area (Å²) in [6.07, 6.45) is 7.70. The van der Waals surface area contributed by atoms with Gasteiger partial charge in [0.15, 0.2) is 5.78 Å². The molecule has 1 atom stereocenters. The number of hydrogen-bond donors (Lipinski definition) is 0. The van der Waals surface area contributed by atoms with Gasteiger partial charge in [0, 0.05) is 43.2 Å². The summed E-state index contributed by atoms with van der Waals surface area (Å²) < 4.78 is 0. The van der Waals surface area contributed by atoms with E-state index in [1.165, 1.54) is 53.6 Å². The van der Waals surface area contributed by atoms with Crippen molar-refractivity contribution in [3.8, 4) is 0 Å². The zero-order valence-corrected chi connectivity index (χ0v) is 21.4. The normalized spacial score (nSPS) is 19.9. The Labute approximate surface area is 216 Å². The average Bonchev–Trinajstić information content (AvgIpc) is 3.28. The Hall–Kier alpha value is -2.91. The number of ketones is 1. The summed E-state index contributed by atoms with van der Waals surface area (Å²) in [7, 11) is 0. The highest BCUT2D eigenvalue weighted by Crippen LogP contribution is 2.46. The molecule has 3 nitrogen and oxygen atoms in total. The molecule has 36 heavy (non-hydrogen) atoms. The molecule has 3 aliphatic rings. The van der Waals surface area contributed by atoms with Crippen LogP contribution >= 0.6 is 0 Å². The molecule has 0 aromatic heterocycles. The van der Waals surface area contributed by atoms with Gasteiger partial charge in [-0.25, -0.2) is 0 Å². The van der Waals surface area contributed by atoms with Crippen LogP contribution in [0, 0.1) is 5.92 Å². The number of carbonyl (C=O) groups excluding carboxylic acids is 1. The summed E-state index contributed by atoms with van der Waals surface area (Å²) in [5, 5.41) is 0. The van der Waals surface area contributed by atoms with Crippen LogP contribution in [0.5, 0.6) is 0 Å². The Morgan fingerprint density at radius 2 is 1.50 bits per heavy atom. The Kier molecular flexibility index (Phi) is 6.92. The summed E-state index contributed by atoms with van der Waals surface area (Å²) in [4.78, 5) is 18.6. The minimum absolute atomic E-state index is 0.377. The highest BCUT2D eigenvalue weighted by molar-refractivity contribution is 5.98. The lowest BCUT2D eigenvalue weighted by Gasteiger charge is -2.32. The third-order valence-electron chi connectivity index (χ3n) is 8.76. The second-order valence-corrected chi connectivity index (χ2v) is 11.1. The van der Waals surface area contributed by atoms with E-state index in [0.29, 0.717) is 24.0 Å². The Morgan fingerprint density at radius 1 is 0.806 bits per heavy atom. The standard InChI is InChI=1S/C33H38N2O/c36-32(17-14-25-18-20-34(21-19-25)22-26-8-3-1-4-9-26)29-15-16-31-33-28(12-7-13-30(29)33)24-35(31)23-27-10-5-2-6-11-27/h1-6,8-11,15-16,25,28H,7,12-14,17-24H2. The molecule has 0 amide bonds. The van der Waals surface area contributed by atoms with E-state index in [-0.39, 0.29) is 0 Å². The molecule has 0 spiro atoms. The molecule has 3 aromatic rings. The first kappa shape index (κ1) is 23.5. The monoisotopic (exact) mass is 478 g/mol. The largest absolute Gasteiger partial charge is 0.366 e. The number of hydrogen-bond acceptors (Lipinski definition) is 3. The van der Waals surface area contributed by atoms with E-state index in [0.717, 1.165) is 51.1 Å². The summed E-state index contributed by atoms with van der Waals surface area (Å²) in [5.41, 5.74) is 8.04. The lowest BCUT2D eigenvalue weighted by Crippen LogP contribution is -2.33. The second kappa shape index (κ2) is 10.6. The van der Waals surface area contributed by atoms with Crippen LogP contribution < -0.4 is 4.90 Å². The maximum absolute atomic E-state index is 13.5. The van der Waals surface area contributed by atoms with E-state index < -0.39 is 0 Å². The Balaban J connectivity index is 1.08. The summed E-state index contributed by atoms with van der Waals surface area (Å²) >= 11 is 0. The molecule has 3 heteroatoms. The molecule has 1 aliphatic carbocycles. The van der Waals surface area contributed by atoms with Crippen molar-refractivity contribution in [1.82, 2.24) is 4.90 Å². The van der Waals surface area contributed by atoms with E-state index in [9.17, 15) is 4.79 Å². The fourth-order valence-corrected chi connectivity index (χ4v) is 6.83. The van der Waals surface area contributed by atoms with E-state index in [4.69, 9.17) is 0 Å². The lowest BCUT2D eigenvalue weighted by atomic mass is 9.80. The Bertz CT molecular complexity index is 1180. The van der Waals surface area contributed by atoms with Crippen molar-refractivity contribution in [2.24, 2.45) is 5.92 Å². The van der Waals surface area contributed by atoms with Crippen LogP contribution in [-0.4, -0.2) is 30.3 Å². The first-order valence-electron chi connectivity index (χ1n) is 14.0. The number of nitrogens with zero attached hydrogens (tertiary/aromatic N) is 2. The average molecular weight is 479 g/mol. The van der Waals surface area contributed by atoms with E-state index in [1.54, 1.807) is 0 Å². The van der Waals surface area contributed by atoms with Gasteiger partial charge in [-0.3, -0.25) is 9.69 Å². The second-order valence-electron chi connectivity index (χ2n) is 11.1. The van der Waals surface area contributed by atoms with Crippen LogP contribution in [0.15, 0.2) is 72.8 Å². The van der Waals surface area contributed by atoms with Crippen molar-refractivity contribution in [2.45, 2.75) is 64.0 Å². The molecular weight excluding hydrogens is 440 g/mol. The molecule has 3 aromatic carbocycles. The predicted octanol–water partition coefficient (Wildman–Crippen LogP) is 7.00. The number of likely N-dealkylation sites (tertiary alicyclic amines) is 1. The van der Waals surface area contributed by atoms with Crippen molar-refractivity contribution in [3.63, 3.8) is 0 Å². The van der Waals surface area contributed by atoms with Gasteiger partial charge in [-0.05, 0) is 91.9 Å². The van der Waals surface area contributed by atoms with Crippen molar-refractivity contribution in [2.75, 3.05) is 24.5 Å². The first-order valence-corrected chi connectivity index (χ1v) is 14.0. The SMILES string of the molecule is O=C(CCC1CCN(Cc2ccccc2)CC1)c1ccc2c3c1CCCC3CN2Cc1ccccc1. The third-order valence-corrected chi connectivity index (χ3v) is 8.76. The van der Waals surface area contributed by atoms with Crippen molar-refractivity contribution < 1.29 is 4.79 Å². The summed E-state index contributed by atoms with van der Waals surface area (Å²) in [5.74, 6) is 1.65. The number of carbonyl (C=O) groups is 1. The Morgan fingerprint density at radius 3 is 2.22 bits per heavy atom. The fourth-order valence-electron chi connectivity index (χ4n) is 6.83. The van der Waals surface area contributed by atoms with Gasteiger partial charge in [-0.2, -0.15) is 0 Å². The molecule has 2 aliphatic heterocycles. The van der Waals surface area contributed by atoms with Crippen molar-refractivity contribution >= 4 is 11.5 Å². The molecule has 6 rings (SSSR count). The smallest absolute Gasteiger partial charge is 0.163 e. The predicted molar refractivity (Wildman–Crippen MR) is 148 cm³/mol. The number of anilines is 1. The van der Waals surface area contributed by atoms with Gasteiger partial charge in [0.05, 0.1) is 0 Å². The van der Waals surface area contributed by atoms with Gasteiger partial charge < -0.3 is 4.90 Å². The maximum Gasteiger partial charge on any atom is 0.163 e. The molecule has 0 N–H and O–H groups in total. The minimum Gasteiger partial charge on any atom is -0.366 e. The van der Waals surface area contributed by atoms with Gasteiger partial charge in [-0.1, -0.05) is 60.7 Å². The molecule has 1 saturated heterocycles. The van der Waals surface area contributed by atoms with Crippen LogP contribution in [-0.2, 0) is 19.5 Å². The van der Waals surface area contributed by atoms with Crippen LogP contribution in [0.1, 0.15) is 77.1 Å². The molecule has 1 unspecified atom stereocenters. The van der Waals surface area contributed by atoms with Gasteiger partial charge in [0.25, 0.3) is 0 Å². The molecule has 0 bridgehead atoms. The van der Waals surface area contributed by atoms with E-state index in [2.05, 4.69) is 82.6 Å². The van der Waals surface area contributed by atoms with E-state index in [1.807, 2.05) is 0 Å². The van der Waals surface area contributed by atoms with Crippen LogP contribution in [0.4, 0.5) is 5.69 Å². The first-order chi connectivity index (χ1) is 17.7. The van der Waals surface area contributed by atoms with Gasteiger partial charge in [0.2, 0.25) is 0 Å². The highest BCUT2D eigenvalue weighted by Gasteiger charge is 2.35. The van der Waals surface area contributed by atoms with Crippen LogP contribution in [0.2, 0.25) is 0 Å². The van der Waals surface area contributed by atoms with Crippen molar-refractivity contribution in [1.29, 1.82) is 0 Å². The zero-order chi connectivity index (χ0) is 24.3. The third kappa shape index (κ3) is 4.99. The number of rotatable bonds is 8. The lowest BCUT2D eigenvalue weighted by molar-refractivity contribution is 0.0960. The molecule has 0 saturated carbocycles. The molecule has 0 radical (unpaired) electrons. The highest BCUT2D eigenvalue weighted by atomic mass is 16.1. The van der Waals surface area contributed by atoms with Crippen LogP contribution in [0.3, 0.4) is 0 Å². The van der Waals surface area contributed by atoms with Crippen molar-refractivity contribution in [3.05, 3.63) is 101 Å². The number of piperidine rings is 1.